The lowest BCUT2D eigenvalue weighted by Gasteiger charge is -2.37. The molecule has 0 unspecified atom stereocenters. The van der Waals surface area contributed by atoms with Crippen molar-refractivity contribution in [3.8, 4) is 6.07 Å². The fourth-order valence-electron chi connectivity index (χ4n) is 3.13. The van der Waals surface area contributed by atoms with Crippen LogP contribution in [0.25, 0.3) is 0 Å². The number of likely N-dealkylation sites (tertiary alicyclic amines) is 1. The van der Waals surface area contributed by atoms with Gasteiger partial charge in [-0.3, -0.25) is 0 Å². The van der Waals surface area contributed by atoms with Crippen LogP contribution < -0.4 is 10.2 Å². The topological polar surface area (TPSA) is 118 Å². The van der Waals surface area contributed by atoms with Gasteiger partial charge in [0, 0.05) is 25.4 Å². The molecule has 0 bridgehead atoms. The molecule has 2 aromatic rings. The van der Waals surface area contributed by atoms with Gasteiger partial charge in [-0.15, -0.1) is 0 Å². The van der Waals surface area contributed by atoms with Crippen LogP contribution in [0.5, 0.6) is 0 Å². The molecule has 9 heteroatoms. The molecule has 140 valence electrons. The van der Waals surface area contributed by atoms with Gasteiger partial charge in [-0.05, 0) is 33.0 Å². The number of aromatic nitrogens is 3. The molecular weight excluding hydrogens is 346 g/mol. The normalized spacial score (nSPS) is 15.1. The van der Waals surface area contributed by atoms with E-state index in [1.165, 1.54) is 18.6 Å². The Morgan fingerprint density at radius 2 is 1.96 bits per heavy atom. The average molecular weight is 367 g/mol. The van der Waals surface area contributed by atoms with Gasteiger partial charge >= 0.3 is 5.97 Å². The Kier molecular flexibility index (Phi) is 5.47. The molecule has 0 amide bonds. The highest BCUT2D eigenvalue weighted by molar-refractivity contribution is 5.94. The largest absolute Gasteiger partial charge is 0.478 e. The van der Waals surface area contributed by atoms with Crippen LogP contribution in [0.1, 0.15) is 28.9 Å². The summed E-state index contributed by atoms with van der Waals surface area (Å²) >= 11 is 0. The molecule has 1 saturated heterocycles. The maximum Gasteiger partial charge on any atom is 0.339 e. The summed E-state index contributed by atoms with van der Waals surface area (Å²) in [6.07, 6.45) is 6.09. The van der Waals surface area contributed by atoms with Crippen molar-refractivity contribution in [1.29, 1.82) is 5.26 Å². The number of piperidine rings is 1. The highest BCUT2D eigenvalue weighted by Crippen LogP contribution is 2.28. The first-order valence-electron chi connectivity index (χ1n) is 8.62. The van der Waals surface area contributed by atoms with Crippen LogP contribution in [0.4, 0.5) is 17.3 Å². The summed E-state index contributed by atoms with van der Waals surface area (Å²) in [6.45, 7) is 1.96. The van der Waals surface area contributed by atoms with E-state index in [4.69, 9.17) is 5.26 Å². The average Bonchev–Trinajstić information content (AvgIpc) is 2.68. The molecule has 27 heavy (non-hydrogen) atoms. The lowest BCUT2D eigenvalue weighted by atomic mass is 10.0. The molecule has 9 nitrogen and oxygen atoms in total. The molecule has 0 radical (unpaired) electrons. The molecule has 1 aliphatic rings. The van der Waals surface area contributed by atoms with Gasteiger partial charge in [0.15, 0.2) is 5.69 Å². The molecular formula is C18H21N7O2. The number of anilines is 3. The van der Waals surface area contributed by atoms with Crippen molar-refractivity contribution >= 4 is 23.3 Å². The maximum atomic E-state index is 11.7. The van der Waals surface area contributed by atoms with E-state index in [-0.39, 0.29) is 17.3 Å². The number of nitrogens with zero attached hydrogens (tertiary/aromatic N) is 6. The third kappa shape index (κ3) is 4.30. The lowest BCUT2D eigenvalue weighted by molar-refractivity contribution is 0.0697. The zero-order valence-corrected chi connectivity index (χ0v) is 15.3. The zero-order valence-electron chi connectivity index (χ0n) is 15.3. The standard InChI is InChI=1S/C18H21N7O2/c1-24-5-3-13(4-6-24)25(2)15-7-16(22-10-14(15)18(26)27)23-17-11-20-12(8-19)9-21-17/h7,9-11,13H,3-6H2,1-2H3,(H,26,27)(H,21,22,23). The molecule has 0 aromatic carbocycles. The number of carboxylic acid groups (broad SMARTS) is 1. The molecule has 0 spiro atoms. The predicted octanol–water partition coefficient (Wildman–Crippen LogP) is 1.72. The van der Waals surface area contributed by atoms with Crippen molar-refractivity contribution in [2.45, 2.75) is 18.9 Å². The summed E-state index contributed by atoms with van der Waals surface area (Å²) in [7, 11) is 4.01. The van der Waals surface area contributed by atoms with E-state index in [2.05, 4.69) is 32.2 Å². The van der Waals surface area contributed by atoms with E-state index in [0.29, 0.717) is 17.3 Å². The molecule has 0 saturated carbocycles. The number of rotatable bonds is 5. The molecule has 1 fully saturated rings. The van der Waals surface area contributed by atoms with Crippen molar-refractivity contribution in [2.24, 2.45) is 0 Å². The van der Waals surface area contributed by atoms with Crippen molar-refractivity contribution in [2.75, 3.05) is 37.4 Å². The van der Waals surface area contributed by atoms with Crippen LogP contribution in [-0.2, 0) is 0 Å². The van der Waals surface area contributed by atoms with Gasteiger partial charge in [0.25, 0.3) is 0 Å². The van der Waals surface area contributed by atoms with Crippen LogP contribution in [0.3, 0.4) is 0 Å². The minimum absolute atomic E-state index is 0.160. The number of nitrogens with one attached hydrogen (secondary N) is 1. The number of nitriles is 1. The van der Waals surface area contributed by atoms with Gasteiger partial charge < -0.3 is 20.2 Å². The second-order valence-corrected chi connectivity index (χ2v) is 6.56. The Bertz CT molecular complexity index is 855. The smallest absolute Gasteiger partial charge is 0.339 e. The number of hydrogen-bond acceptors (Lipinski definition) is 8. The highest BCUT2D eigenvalue weighted by Gasteiger charge is 2.24. The number of carboxylic acids is 1. The van der Waals surface area contributed by atoms with Gasteiger partial charge in [-0.2, -0.15) is 5.26 Å². The maximum absolute atomic E-state index is 11.7. The second kappa shape index (κ2) is 7.97. The van der Waals surface area contributed by atoms with Gasteiger partial charge in [0.05, 0.1) is 18.1 Å². The minimum atomic E-state index is -1.01. The molecule has 0 atom stereocenters. The molecule has 2 N–H and O–H groups in total. The zero-order chi connectivity index (χ0) is 19.4. The summed E-state index contributed by atoms with van der Waals surface area (Å²) in [5, 5.41) is 21.3. The van der Waals surface area contributed by atoms with Gasteiger partial charge in [-0.25, -0.2) is 19.7 Å². The Morgan fingerprint density at radius 3 is 2.56 bits per heavy atom. The van der Waals surface area contributed by atoms with Crippen molar-refractivity contribution in [3.63, 3.8) is 0 Å². The first kappa shape index (κ1) is 18.5. The van der Waals surface area contributed by atoms with Crippen LogP contribution in [-0.4, -0.2) is 64.2 Å². The van der Waals surface area contributed by atoms with E-state index < -0.39 is 5.97 Å². The predicted molar refractivity (Wildman–Crippen MR) is 100 cm³/mol. The van der Waals surface area contributed by atoms with E-state index in [9.17, 15) is 9.90 Å². The molecule has 0 aliphatic carbocycles. The van der Waals surface area contributed by atoms with E-state index in [1.807, 2.05) is 18.0 Å². The fraction of sp³-hybridized carbons (Fsp3) is 0.389. The fourth-order valence-corrected chi connectivity index (χ4v) is 3.13. The first-order valence-corrected chi connectivity index (χ1v) is 8.62. The van der Waals surface area contributed by atoms with E-state index in [0.717, 1.165) is 25.9 Å². The Balaban J connectivity index is 1.85. The van der Waals surface area contributed by atoms with Gasteiger partial charge in [0.1, 0.15) is 23.3 Å². The summed E-state index contributed by atoms with van der Waals surface area (Å²) in [5.41, 5.74) is 0.987. The molecule has 3 heterocycles. The summed E-state index contributed by atoms with van der Waals surface area (Å²) < 4.78 is 0. The molecule has 1 aliphatic heterocycles. The van der Waals surface area contributed by atoms with Crippen LogP contribution >= 0.6 is 0 Å². The van der Waals surface area contributed by atoms with Crippen LogP contribution in [0, 0.1) is 11.3 Å². The van der Waals surface area contributed by atoms with Gasteiger partial charge in [0.2, 0.25) is 0 Å². The SMILES string of the molecule is CN1CCC(N(C)c2cc(Nc3cnc(C#N)cn3)ncc2C(=O)O)CC1. The van der Waals surface area contributed by atoms with Crippen molar-refractivity contribution in [3.05, 3.63) is 35.9 Å². The Hall–Kier alpha value is -3.25. The summed E-state index contributed by atoms with van der Waals surface area (Å²) in [4.78, 5) is 28.2. The Labute approximate surface area is 157 Å². The van der Waals surface area contributed by atoms with Crippen LogP contribution in [0.2, 0.25) is 0 Å². The quantitative estimate of drug-likeness (QED) is 0.814. The van der Waals surface area contributed by atoms with E-state index in [1.54, 1.807) is 6.07 Å². The number of pyridine rings is 1. The third-order valence-electron chi connectivity index (χ3n) is 4.75. The number of carbonyl (C=O) groups is 1. The Morgan fingerprint density at radius 1 is 1.26 bits per heavy atom. The minimum Gasteiger partial charge on any atom is -0.478 e. The lowest BCUT2D eigenvalue weighted by Crippen LogP contribution is -2.42. The highest BCUT2D eigenvalue weighted by atomic mass is 16.4. The second-order valence-electron chi connectivity index (χ2n) is 6.56. The van der Waals surface area contributed by atoms with Crippen molar-refractivity contribution < 1.29 is 9.90 Å². The number of hydrogen-bond donors (Lipinski definition) is 2. The first-order chi connectivity index (χ1) is 13.0. The summed E-state index contributed by atoms with van der Waals surface area (Å²) in [5.74, 6) is -0.117. The monoisotopic (exact) mass is 367 g/mol. The van der Waals surface area contributed by atoms with Gasteiger partial charge in [-0.1, -0.05) is 0 Å². The van der Waals surface area contributed by atoms with Crippen LogP contribution in [0.15, 0.2) is 24.7 Å². The number of aromatic carboxylic acids is 1. The molecule has 3 rings (SSSR count). The van der Waals surface area contributed by atoms with Crippen molar-refractivity contribution in [1.82, 2.24) is 19.9 Å². The molecule has 2 aromatic heterocycles. The summed E-state index contributed by atoms with van der Waals surface area (Å²) in [6, 6.07) is 3.89. The van der Waals surface area contributed by atoms with E-state index >= 15 is 0 Å². The third-order valence-corrected chi connectivity index (χ3v) is 4.75.